The number of hydrogen-bond donors (Lipinski definition) is 0. The van der Waals surface area contributed by atoms with Gasteiger partial charge in [0, 0.05) is 32.1 Å². The fourth-order valence-electron chi connectivity index (χ4n) is 4.74. The highest BCUT2D eigenvalue weighted by molar-refractivity contribution is 9.11. The highest BCUT2D eigenvalue weighted by Gasteiger charge is 2.23. The van der Waals surface area contributed by atoms with Crippen LogP contribution < -0.4 is 10.3 Å². The van der Waals surface area contributed by atoms with Gasteiger partial charge >= 0.3 is 5.69 Å². The third-order valence-corrected chi connectivity index (χ3v) is 8.52. The van der Waals surface area contributed by atoms with Gasteiger partial charge in [-0.25, -0.2) is 4.98 Å². The molecule has 0 aliphatic heterocycles. The van der Waals surface area contributed by atoms with Crippen LogP contribution in [0, 0.1) is 10.1 Å². The molecule has 0 unspecified atom stereocenters. The van der Waals surface area contributed by atoms with Gasteiger partial charge in [0.05, 0.1) is 26.5 Å². The number of nitro benzene ring substituents is 1. The Bertz CT molecular complexity index is 1650. The minimum Gasteiger partial charge on any atom is -0.481 e. The van der Waals surface area contributed by atoms with E-state index in [1.807, 2.05) is 30.3 Å². The molecule has 39 heavy (non-hydrogen) atoms. The van der Waals surface area contributed by atoms with Crippen LogP contribution in [0.1, 0.15) is 55.0 Å². The second kappa shape index (κ2) is 12.1. The zero-order valence-corrected chi connectivity index (χ0v) is 25.4. The first kappa shape index (κ1) is 27.7. The average Bonchev–Trinajstić information content (AvgIpc) is 2.93. The molecule has 11 heteroatoms. The van der Waals surface area contributed by atoms with Crippen molar-refractivity contribution in [3.63, 3.8) is 0 Å². The summed E-state index contributed by atoms with van der Waals surface area (Å²) in [6.07, 6.45) is 6.66. The molecule has 0 spiro atoms. The van der Waals surface area contributed by atoms with Gasteiger partial charge in [-0.05, 0) is 59.1 Å². The molecule has 1 saturated carbocycles. The number of halogens is 3. The Morgan fingerprint density at radius 3 is 2.56 bits per heavy atom. The van der Waals surface area contributed by atoms with Crippen molar-refractivity contribution in [2.24, 2.45) is 5.10 Å². The molecule has 0 saturated heterocycles. The van der Waals surface area contributed by atoms with Crippen molar-refractivity contribution < 1.29 is 9.66 Å². The zero-order valence-electron chi connectivity index (χ0n) is 20.6. The summed E-state index contributed by atoms with van der Waals surface area (Å²) < 4.78 is 9.36. The van der Waals surface area contributed by atoms with Crippen molar-refractivity contribution >= 4 is 70.6 Å². The first-order chi connectivity index (χ1) is 18.8. The van der Waals surface area contributed by atoms with Crippen LogP contribution in [-0.4, -0.2) is 20.8 Å². The second-order valence-electron chi connectivity index (χ2n) is 9.32. The Hall–Kier alpha value is -2.89. The number of para-hydroxylation sites is 1. The van der Waals surface area contributed by atoms with Gasteiger partial charge in [0.2, 0.25) is 5.75 Å². The minimum absolute atomic E-state index is 0.111. The average molecular weight is 719 g/mol. The van der Waals surface area contributed by atoms with Gasteiger partial charge in [-0.2, -0.15) is 9.78 Å². The summed E-state index contributed by atoms with van der Waals surface area (Å²) in [5, 5.41) is 16.9. The fourth-order valence-corrected chi connectivity index (χ4v) is 6.49. The van der Waals surface area contributed by atoms with Gasteiger partial charge in [0.15, 0.2) is 0 Å². The molecule has 1 aromatic heterocycles. The third-order valence-electron chi connectivity index (χ3n) is 6.70. The molecule has 0 atom stereocenters. The number of rotatable bonds is 7. The molecule has 1 aliphatic rings. The van der Waals surface area contributed by atoms with Crippen LogP contribution in [0.25, 0.3) is 10.9 Å². The van der Waals surface area contributed by atoms with E-state index in [2.05, 4.69) is 52.9 Å². The molecule has 8 nitrogen and oxygen atoms in total. The lowest BCUT2D eigenvalue weighted by atomic mass is 9.88. The van der Waals surface area contributed by atoms with Crippen molar-refractivity contribution in [1.29, 1.82) is 0 Å². The smallest absolute Gasteiger partial charge is 0.312 e. The molecule has 0 radical (unpaired) electrons. The van der Waals surface area contributed by atoms with E-state index in [0.717, 1.165) is 40.2 Å². The number of nitro groups is 1. The zero-order chi connectivity index (χ0) is 27.5. The molecular formula is C28H23Br3N4O4. The molecule has 200 valence electrons. The highest BCUT2D eigenvalue weighted by Crippen LogP contribution is 2.37. The number of benzene rings is 3. The molecule has 5 rings (SSSR count). The van der Waals surface area contributed by atoms with Gasteiger partial charge in [0.25, 0.3) is 5.56 Å². The molecule has 3 aromatic carbocycles. The molecule has 0 amide bonds. The number of fused-ring (bicyclic) bond motifs is 1. The summed E-state index contributed by atoms with van der Waals surface area (Å²) in [5.74, 6) is 0.866. The topological polar surface area (TPSA) is 99.6 Å². The number of nitrogens with zero attached hydrogens (tertiary/aromatic N) is 4. The summed E-state index contributed by atoms with van der Waals surface area (Å²) in [4.78, 5) is 29.7. The SMILES string of the molecule is O=c1c2ccccc2nc(C2CCCCC2)n1N=Cc1cc(Br)c(OCc2ccc(Br)cc2Br)c([N+](=O)[O-])c1. The first-order valence-electron chi connectivity index (χ1n) is 12.4. The Kier molecular flexibility index (Phi) is 8.58. The summed E-state index contributed by atoms with van der Waals surface area (Å²) >= 11 is 10.3. The standard InChI is InChI=1S/C28H23Br3N4O4/c29-20-11-10-19(22(30)14-20)16-39-26-23(31)12-17(13-25(26)35(37)38)15-32-34-27(18-6-2-1-3-7-18)33-24-9-5-4-8-21(24)28(34)36/h4-5,8-15,18H,1-3,6-7,16H2. The van der Waals surface area contributed by atoms with Crippen LogP contribution in [0.4, 0.5) is 5.69 Å². The first-order valence-corrected chi connectivity index (χ1v) is 14.8. The molecule has 0 N–H and O–H groups in total. The maximum absolute atomic E-state index is 13.4. The van der Waals surface area contributed by atoms with Gasteiger partial charge in [-0.15, -0.1) is 0 Å². The van der Waals surface area contributed by atoms with Crippen molar-refractivity contribution in [2.45, 2.75) is 44.6 Å². The van der Waals surface area contributed by atoms with Crippen LogP contribution in [0.15, 0.2) is 77.9 Å². The lowest BCUT2D eigenvalue weighted by Crippen LogP contribution is -2.25. The minimum atomic E-state index is -0.495. The van der Waals surface area contributed by atoms with Gasteiger partial charge in [-0.3, -0.25) is 14.9 Å². The Morgan fingerprint density at radius 1 is 1.05 bits per heavy atom. The molecule has 1 heterocycles. The predicted octanol–water partition coefficient (Wildman–Crippen LogP) is 8.10. The second-order valence-corrected chi connectivity index (χ2v) is 11.9. The van der Waals surface area contributed by atoms with E-state index < -0.39 is 4.92 Å². The Balaban J connectivity index is 1.50. The van der Waals surface area contributed by atoms with Crippen LogP contribution in [0.3, 0.4) is 0 Å². The molecular weight excluding hydrogens is 696 g/mol. The normalized spacial score (nSPS) is 14.2. The third kappa shape index (κ3) is 6.15. The van der Waals surface area contributed by atoms with Gasteiger partial charge < -0.3 is 4.74 Å². The quantitative estimate of drug-likeness (QED) is 0.109. The fraction of sp³-hybridized carbons (Fsp3) is 0.250. The Morgan fingerprint density at radius 2 is 1.82 bits per heavy atom. The van der Waals surface area contributed by atoms with Crippen LogP contribution in [0.5, 0.6) is 5.75 Å². The van der Waals surface area contributed by atoms with Crippen molar-refractivity contribution in [3.05, 3.63) is 105 Å². The van der Waals surface area contributed by atoms with Crippen molar-refractivity contribution in [3.8, 4) is 5.75 Å². The van der Waals surface area contributed by atoms with Crippen molar-refractivity contribution in [2.75, 3.05) is 0 Å². The van der Waals surface area contributed by atoms with E-state index in [-0.39, 0.29) is 29.5 Å². The molecule has 1 fully saturated rings. The maximum Gasteiger partial charge on any atom is 0.312 e. The summed E-state index contributed by atoms with van der Waals surface area (Å²) in [7, 11) is 0. The molecule has 0 bridgehead atoms. The number of hydrogen-bond acceptors (Lipinski definition) is 6. The maximum atomic E-state index is 13.4. The number of aromatic nitrogens is 2. The van der Waals surface area contributed by atoms with Gasteiger partial charge in [0.1, 0.15) is 12.4 Å². The van der Waals surface area contributed by atoms with Crippen molar-refractivity contribution in [1.82, 2.24) is 9.66 Å². The lowest BCUT2D eigenvalue weighted by Gasteiger charge is -2.22. The van der Waals surface area contributed by atoms with Crippen LogP contribution in [-0.2, 0) is 6.61 Å². The molecule has 4 aromatic rings. The van der Waals surface area contributed by atoms with Crippen LogP contribution in [0.2, 0.25) is 0 Å². The monoisotopic (exact) mass is 716 g/mol. The van der Waals surface area contributed by atoms with E-state index in [1.54, 1.807) is 18.2 Å². The molecule has 1 aliphatic carbocycles. The predicted molar refractivity (Wildman–Crippen MR) is 162 cm³/mol. The lowest BCUT2D eigenvalue weighted by molar-refractivity contribution is -0.386. The van der Waals surface area contributed by atoms with E-state index >= 15 is 0 Å². The van der Waals surface area contributed by atoms with E-state index in [1.165, 1.54) is 23.4 Å². The summed E-state index contributed by atoms with van der Waals surface area (Å²) in [6.45, 7) is 0.129. The highest BCUT2D eigenvalue weighted by atomic mass is 79.9. The number of ether oxygens (including phenoxy) is 1. The van der Waals surface area contributed by atoms with Crippen LogP contribution >= 0.6 is 47.8 Å². The van der Waals surface area contributed by atoms with E-state index in [9.17, 15) is 14.9 Å². The van der Waals surface area contributed by atoms with Gasteiger partial charge in [-0.1, -0.05) is 69.3 Å². The van der Waals surface area contributed by atoms with E-state index in [4.69, 9.17) is 9.72 Å². The summed E-state index contributed by atoms with van der Waals surface area (Å²) in [5.41, 5.74) is 1.46. The van der Waals surface area contributed by atoms with E-state index in [0.29, 0.717) is 26.8 Å². The largest absolute Gasteiger partial charge is 0.481 e. The Labute approximate surface area is 249 Å². The summed E-state index contributed by atoms with van der Waals surface area (Å²) in [6, 6.07) is 15.9.